The quantitative estimate of drug-likeness (QED) is 0.418. The number of aryl methyl sites for hydroxylation is 3. The van der Waals surface area contributed by atoms with Gasteiger partial charge in [0.2, 0.25) is 0 Å². The van der Waals surface area contributed by atoms with Crippen LogP contribution in [0.15, 0.2) is 53.6 Å². The largest absolute Gasteiger partial charge is 0.496 e. The van der Waals surface area contributed by atoms with Gasteiger partial charge in [-0.25, -0.2) is 13.8 Å². The topological polar surface area (TPSA) is 56.2 Å². The average molecular weight is 482 g/mol. The van der Waals surface area contributed by atoms with Crippen molar-refractivity contribution in [3.05, 3.63) is 92.3 Å². The lowest BCUT2D eigenvalue weighted by Crippen LogP contribution is -2.34. The van der Waals surface area contributed by atoms with E-state index in [0.717, 1.165) is 57.3 Å². The number of thiophene rings is 1. The second-order valence-electron chi connectivity index (χ2n) is 8.52. The fourth-order valence-electron chi connectivity index (χ4n) is 4.62. The molecule has 0 aliphatic heterocycles. The summed E-state index contributed by atoms with van der Waals surface area (Å²) in [5.74, 6) is -0.816. The number of methoxy groups -OCH3 is 1. The SMILES string of the molecule is COc1ccccc1CCn1cnc2sc3c(c2c1=O)CCC(NCc1cccc(F)c1F)C3. The summed E-state index contributed by atoms with van der Waals surface area (Å²) in [5.41, 5.74) is 2.44. The number of halogens is 2. The van der Waals surface area contributed by atoms with Gasteiger partial charge in [0.15, 0.2) is 11.6 Å². The van der Waals surface area contributed by atoms with E-state index in [9.17, 15) is 13.6 Å². The van der Waals surface area contributed by atoms with Crippen LogP contribution in [0.5, 0.6) is 5.75 Å². The molecule has 1 N–H and O–H groups in total. The molecule has 0 saturated heterocycles. The number of nitrogens with one attached hydrogen (secondary N) is 1. The Bertz CT molecular complexity index is 1400. The molecule has 4 aromatic rings. The van der Waals surface area contributed by atoms with E-state index in [2.05, 4.69) is 10.3 Å². The van der Waals surface area contributed by atoms with E-state index >= 15 is 0 Å². The number of ether oxygens (including phenoxy) is 1. The Hall–Kier alpha value is -3.10. The third kappa shape index (κ3) is 4.35. The highest BCUT2D eigenvalue weighted by Crippen LogP contribution is 2.34. The van der Waals surface area contributed by atoms with E-state index in [1.54, 1.807) is 35.4 Å². The molecule has 5 nitrogen and oxygen atoms in total. The molecule has 176 valence electrons. The molecule has 0 fully saturated rings. The molecular weight excluding hydrogens is 456 g/mol. The molecule has 5 rings (SSSR count). The van der Waals surface area contributed by atoms with Gasteiger partial charge in [0.1, 0.15) is 10.6 Å². The molecule has 0 spiro atoms. The van der Waals surface area contributed by atoms with Gasteiger partial charge in [-0.15, -0.1) is 11.3 Å². The molecule has 8 heteroatoms. The first-order chi connectivity index (χ1) is 16.5. The molecule has 0 radical (unpaired) electrons. The standard InChI is InChI=1S/C26H25F2N3O2S/c1-33-21-8-3-2-5-16(21)11-12-31-15-30-25-23(26(31)32)19-10-9-18(13-22(19)34-25)29-14-17-6-4-7-20(27)24(17)28/h2-8,15,18,29H,9-14H2,1H3. The van der Waals surface area contributed by atoms with E-state index < -0.39 is 11.6 Å². The normalized spacial score (nSPS) is 15.4. The van der Waals surface area contributed by atoms with Crippen molar-refractivity contribution in [3.63, 3.8) is 0 Å². The number of fused-ring (bicyclic) bond motifs is 3. The third-order valence-corrected chi connectivity index (χ3v) is 7.63. The van der Waals surface area contributed by atoms with Gasteiger partial charge in [0.25, 0.3) is 5.56 Å². The molecule has 2 heterocycles. The number of para-hydroxylation sites is 1. The van der Waals surface area contributed by atoms with Crippen LogP contribution in [0.4, 0.5) is 8.78 Å². The minimum Gasteiger partial charge on any atom is -0.496 e. The first-order valence-electron chi connectivity index (χ1n) is 11.3. The Morgan fingerprint density at radius 1 is 1.18 bits per heavy atom. The second-order valence-corrected chi connectivity index (χ2v) is 9.61. The number of benzene rings is 2. The Labute approximate surface area is 200 Å². The number of hydrogen-bond acceptors (Lipinski definition) is 5. The van der Waals surface area contributed by atoms with Crippen molar-refractivity contribution in [1.29, 1.82) is 0 Å². The van der Waals surface area contributed by atoms with Gasteiger partial charge in [-0.3, -0.25) is 9.36 Å². The van der Waals surface area contributed by atoms with Crippen molar-refractivity contribution >= 4 is 21.6 Å². The molecule has 1 aliphatic carbocycles. The van der Waals surface area contributed by atoms with Crippen LogP contribution in [-0.4, -0.2) is 22.7 Å². The third-order valence-electron chi connectivity index (χ3n) is 6.46. The summed E-state index contributed by atoms with van der Waals surface area (Å²) in [6.07, 6.45) is 4.63. The van der Waals surface area contributed by atoms with Crippen LogP contribution in [0.1, 0.15) is 28.0 Å². The Morgan fingerprint density at radius 2 is 2.00 bits per heavy atom. The monoisotopic (exact) mass is 481 g/mol. The Morgan fingerprint density at radius 3 is 2.85 bits per heavy atom. The van der Waals surface area contributed by atoms with E-state index in [0.29, 0.717) is 18.5 Å². The van der Waals surface area contributed by atoms with E-state index in [1.165, 1.54) is 6.07 Å². The molecule has 2 aromatic heterocycles. The second kappa shape index (κ2) is 9.64. The van der Waals surface area contributed by atoms with Crippen LogP contribution in [0.25, 0.3) is 10.2 Å². The van der Waals surface area contributed by atoms with Crippen molar-refractivity contribution in [3.8, 4) is 5.75 Å². The Kier molecular flexibility index (Phi) is 6.43. The molecule has 1 atom stereocenters. The number of aromatic nitrogens is 2. The van der Waals surface area contributed by atoms with Gasteiger partial charge in [-0.1, -0.05) is 30.3 Å². The number of hydrogen-bond donors (Lipinski definition) is 1. The van der Waals surface area contributed by atoms with Gasteiger partial charge >= 0.3 is 0 Å². The molecule has 0 saturated carbocycles. The molecular formula is C26H25F2N3O2S. The summed E-state index contributed by atoms with van der Waals surface area (Å²) in [6, 6.07) is 12.2. The summed E-state index contributed by atoms with van der Waals surface area (Å²) in [5, 5.41) is 4.07. The van der Waals surface area contributed by atoms with Crippen LogP contribution in [-0.2, 0) is 32.4 Å². The zero-order chi connectivity index (χ0) is 23.7. The maximum Gasteiger partial charge on any atom is 0.262 e. The van der Waals surface area contributed by atoms with Crippen molar-refractivity contribution in [1.82, 2.24) is 14.9 Å². The molecule has 34 heavy (non-hydrogen) atoms. The van der Waals surface area contributed by atoms with Gasteiger partial charge in [-0.2, -0.15) is 0 Å². The molecule has 0 amide bonds. The van der Waals surface area contributed by atoms with Crippen LogP contribution in [0.3, 0.4) is 0 Å². The predicted octanol–water partition coefficient (Wildman–Crippen LogP) is 4.63. The first kappa shape index (κ1) is 22.7. The molecule has 1 aliphatic rings. The fraction of sp³-hybridized carbons (Fsp3) is 0.308. The molecule has 2 aromatic carbocycles. The summed E-state index contributed by atoms with van der Waals surface area (Å²) in [4.78, 5) is 19.8. The number of rotatable bonds is 7. The van der Waals surface area contributed by atoms with Gasteiger partial charge in [0.05, 0.1) is 18.8 Å². The summed E-state index contributed by atoms with van der Waals surface area (Å²) in [6.45, 7) is 0.790. The summed E-state index contributed by atoms with van der Waals surface area (Å²) >= 11 is 1.56. The molecule has 1 unspecified atom stereocenters. The smallest absolute Gasteiger partial charge is 0.262 e. The van der Waals surface area contributed by atoms with Crippen molar-refractivity contribution in [2.75, 3.05) is 7.11 Å². The van der Waals surface area contributed by atoms with Crippen molar-refractivity contribution in [2.24, 2.45) is 0 Å². The van der Waals surface area contributed by atoms with Gasteiger partial charge in [-0.05, 0) is 48.9 Å². The fourth-order valence-corrected chi connectivity index (χ4v) is 5.88. The van der Waals surface area contributed by atoms with Crippen LogP contribution in [0.2, 0.25) is 0 Å². The maximum atomic E-state index is 14.0. The average Bonchev–Trinajstić information content (AvgIpc) is 3.23. The maximum absolute atomic E-state index is 14.0. The van der Waals surface area contributed by atoms with E-state index in [4.69, 9.17) is 4.74 Å². The van der Waals surface area contributed by atoms with Gasteiger partial charge in [0, 0.05) is 29.6 Å². The lowest BCUT2D eigenvalue weighted by molar-refractivity contribution is 0.408. The summed E-state index contributed by atoms with van der Waals surface area (Å²) in [7, 11) is 1.65. The van der Waals surface area contributed by atoms with E-state index in [-0.39, 0.29) is 18.1 Å². The lowest BCUT2D eigenvalue weighted by atomic mass is 9.93. The first-order valence-corrected chi connectivity index (χ1v) is 12.1. The lowest BCUT2D eigenvalue weighted by Gasteiger charge is -2.23. The minimum absolute atomic E-state index is 0.00867. The zero-order valence-corrected chi connectivity index (χ0v) is 19.6. The van der Waals surface area contributed by atoms with Crippen molar-refractivity contribution in [2.45, 2.75) is 44.8 Å². The zero-order valence-electron chi connectivity index (χ0n) is 18.8. The highest BCUT2D eigenvalue weighted by atomic mass is 32.1. The molecule has 0 bridgehead atoms. The van der Waals surface area contributed by atoms with Crippen LogP contribution in [0, 0.1) is 11.6 Å². The Balaban J connectivity index is 1.32. The van der Waals surface area contributed by atoms with Gasteiger partial charge < -0.3 is 10.1 Å². The van der Waals surface area contributed by atoms with Crippen LogP contribution >= 0.6 is 11.3 Å². The highest BCUT2D eigenvalue weighted by Gasteiger charge is 2.25. The highest BCUT2D eigenvalue weighted by molar-refractivity contribution is 7.18. The van der Waals surface area contributed by atoms with Crippen LogP contribution < -0.4 is 15.6 Å². The van der Waals surface area contributed by atoms with E-state index in [1.807, 2.05) is 24.3 Å². The van der Waals surface area contributed by atoms with Crippen molar-refractivity contribution < 1.29 is 13.5 Å². The minimum atomic E-state index is -0.831. The predicted molar refractivity (Wildman–Crippen MR) is 130 cm³/mol. The summed E-state index contributed by atoms with van der Waals surface area (Å²) < 4.78 is 34.5. The number of nitrogens with zero attached hydrogens (tertiary/aromatic N) is 2.